The van der Waals surface area contributed by atoms with Gasteiger partial charge in [0.1, 0.15) is 18.2 Å². The molecule has 4 aromatic rings. The Hall–Kier alpha value is -4.59. The first kappa shape index (κ1) is 32.0. The van der Waals surface area contributed by atoms with Crippen molar-refractivity contribution in [3.05, 3.63) is 108 Å². The van der Waals surface area contributed by atoms with Gasteiger partial charge in [-0.05, 0) is 91.9 Å². The second kappa shape index (κ2) is 13.9. The van der Waals surface area contributed by atoms with Crippen LogP contribution in [0.3, 0.4) is 0 Å². The topological polar surface area (TPSA) is 110 Å². The predicted molar refractivity (Wildman–Crippen MR) is 184 cm³/mol. The second-order valence-corrected chi connectivity index (χ2v) is 14.5. The van der Waals surface area contributed by atoms with E-state index in [1.54, 1.807) is 6.92 Å². The Labute approximate surface area is 282 Å². The molecule has 0 spiro atoms. The lowest BCUT2D eigenvalue weighted by atomic mass is 9.55. The van der Waals surface area contributed by atoms with Gasteiger partial charge < -0.3 is 25.1 Å². The minimum absolute atomic E-state index is 0.0190. The molecule has 250 valence electrons. The average molecular weight is 648 g/mol. The number of alkyl carbamates (subject to hydrolysis) is 1. The summed E-state index contributed by atoms with van der Waals surface area (Å²) in [5.41, 5.74) is 2.36. The van der Waals surface area contributed by atoms with Crippen LogP contribution in [0.15, 0.2) is 91.1 Å². The highest BCUT2D eigenvalue weighted by Crippen LogP contribution is 2.54. The molecule has 8 nitrogen and oxygen atoms in total. The predicted octanol–water partition coefficient (Wildman–Crippen LogP) is 6.88. The standard InChI is InChI=1S/C40H45N3O5/c1-40(23-32-24-41-35-15-9-8-14-34(32)35,43-39(46)48-37-30-17-28-16-29(19-30)20-31(37)18-28)38(45)42-33(21-26-10-4-2-5-11-26)22-36(44)47-25-27-12-6-3-7-13-27/h2-15,24,28-31,33,37,41H,16-23,25H2,1H3,(H,42,45)(H,43,46)/t28?,29?,30?,31?,33-,37?,40+/m0/s1. The largest absolute Gasteiger partial charge is 0.461 e. The molecule has 8 heteroatoms. The van der Waals surface area contributed by atoms with Gasteiger partial charge in [-0.3, -0.25) is 9.59 Å². The van der Waals surface area contributed by atoms with Crippen molar-refractivity contribution in [2.45, 2.75) is 82.6 Å². The molecule has 4 aliphatic rings. The van der Waals surface area contributed by atoms with Gasteiger partial charge in [0, 0.05) is 29.6 Å². The maximum atomic E-state index is 14.4. The van der Waals surface area contributed by atoms with Gasteiger partial charge in [-0.1, -0.05) is 78.9 Å². The third-order valence-electron chi connectivity index (χ3n) is 10.8. The van der Waals surface area contributed by atoms with Crippen molar-refractivity contribution in [3.8, 4) is 0 Å². The Kier molecular flexibility index (Phi) is 9.24. The lowest BCUT2D eigenvalue weighted by Gasteiger charge is -2.53. The molecule has 0 aliphatic heterocycles. The first-order valence-corrected chi connectivity index (χ1v) is 17.4. The highest BCUT2D eigenvalue weighted by atomic mass is 16.6. The number of nitrogens with one attached hydrogen (secondary N) is 3. The number of amides is 2. The molecule has 0 unspecified atom stereocenters. The maximum absolute atomic E-state index is 14.4. The van der Waals surface area contributed by atoms with Crippen molar-refractivity contribution >= 4 is 28.9 Å². The molecule has 8 rings (SSSR count). The van der Waals surface area contributed by atoms with Gasteiger partial charge in [0.2, 0.25) is 5.91 Å². The Bertz CT molecular complexity index is 1710. The number of esters is 1. The smallest absolute Gasteiger partial charge is 0.408 e. The minimum Gasteiger partial charge on any atom is -0.461 e. The summed E-state index contributed by atoms with van der Waals surface area (Å²) < 4.78 is 11.8. The number of fused-ring (bicyclic) bond motifs is 1. The SMILES string of the molecule is C[C@](Cc1c[nH]c2ccccc12)(NC(=O)OC1C2CC3CC(C2)CC1C3)C(=O)N[C@H](CC(=O)OCc1ccccc1)Cc1ccccc1. The normalized spacial score (nSPS) is 24.4. The molecule has 4 fully saturated rings. The molecule has 1 heterocycles. The number of aromatic amines is 1. The number of benzene rings is 3. The van der Waals surface area contributed by atoms with Gasteiger partial charge in [-0.2, -0.15) is 0 Å². The van der Waals surface area contributed by atoms with Gasteiger partial charge >= 0.3 is 12.1 Å². The van der Waals surface area contributed by atoms with E-state index in [1.165, 1.54) is 6.42 Å². The quantitative estimate of drug-likeness (QED) is 0.145. The van der Waals surface area contributed by atoms with Crippen LogP contribution in [0, 0.1) is 23.7 Å². The van der Waals surface area contributed by atoms with E-state index < -0.39 is 23.6 Å². The van der Waals surface area contributed by atoms with Crippen LogP contribution in [0.4, 0.5) is 4.79 Å². The van der Waals surface area contributed by atoms with Crippen LogP contribution >= 0.6 is 0 Å². The zero-order valence-corrected chi connectivity index (χ0v) is 27.5. The number of hydrogen-bond acceptors (Lipinski definition) is 5. The molecule has 4 bridgehead atoms. The Morgan fingerprint density at radius 1 is 0.833 bits per heavy atom. The van der Waals surface area contributed by atoms with Gasteiger partial charge in [-0.15, -0.1) is 0 Å². The molecule has 3 aromatic carbocycles. The molecular weight excluding hydrogens is 602 g/mol. The number of carbonyl (C=O) groups is 3. The third kappa shape index (κ3) is 7.28. The van der Waals surface area contributed by atoms with Crippen LogP contribution in [0.1, 0.15) is 62.1 Å². The van der Waals surface area contributed by atoms with E-state index in [-0.39, 0.29) is 31.5 Å². The average Bonchev–Trinajstić information content (AvgIpc) is 3.48. The molecule has 2 amide bonds. The molecule has 2 atom stereocenters. The second-order valence-electron chi connectivity index (χ2n) is 14.5. The zero-order valence-electron chi connectivity index (χ0n) is 27.5. The third-order valence-corrected chi connectivity index (χ3v) is 10.8. The highest BCUT2D eigenvalue weighted by molar-refractivity contribution is 5.92. The Morgan fingerprint density at radius 3 is 2.15 bits per heavy atom. The molecule has 1 aromatic heterocycles. The van der Waals surface area contributed by atoms with Gasteiger partial charge in [0.25, 0.3) is 0 Å². The summed E-state index contributed by atoms with van der Waals surface area (Å²) in [5, 5.41) is 7.14. The molecule has 48 heavy (non-hydrogen) atoms. The van der Waals surface area contributed by atoms with Crippen LogP contribution in [-0.2, 0) is 38.5 Å². The van der Waals surface area contributed by atoms with Crippen LogP contribution < -0.4 is 10.6 Å². The molecule has 0 radical (unpaired) electrons. The molecule has 0 saturated heterocycles. The first-order chi connectivity index (χ1) is 23.3. The van der Waals surface area contributed by atoms with Crippen LogP contribution in [-0.4, -0.2) is 40.6 Å². The fraction of sp³-hybridized carbons (Fsp3) is 0.425. The number of ether oxygens (including phenoxy) is 2. The summed E-state index contributed by atoms with van der Waals surface area (Å²) in [7, 11) is 0. The van der Waals surface area contributed by atoms with E-state index >= 15 is 0 Å². The van der Waals surface area contributed by atoms with Gasteiger partial charge in [-0.25, -0.2) is 4.79 Å². The van der Waals surface area contributed by atoms with Gasteiger partial charge in [0.05, 0.1) is 6.42 Å². The number of H-pyrrole nitrogens is 1. The summed E-state index contributed by atoms with van der Waals surface area (Å²) >= 11 is 0. The van der Waals surface area contributed by atoms with Gasteiger partial charge in [0.15, 0.2) is 0 Å². The van der Waals surface area contributed by atoms with Crippen LogP contribution in [0.2, 0.25) is 0 Å². The van der Waals surface area contributed by atoms with E-state index in [4.69, 9.17) is 9.47 Å². The van der Waals surface area contributed by atoms with Crippen LogP contribution in [0.25, 0.3) is 10.9 Å². The number of rotatable bonds is 12. The molecule has 4 aliphatic carbocycles. The fourth-order valence-corrected chi connectivity index (χ4v) is 8.70. The molecular formula is C40H45N3O5. The summed E-state index contributed by atoms with van der Waals surface area (Å²) in [6, 6.07) is 26.6. The number of hydrogen-bond donors (Lipinski definition) is 3. The van der Waals surface area contributed by atoms with Crippen molar-refractivity contribution in [1.29, 1.82) is 0 Å². The molecule has 4 saturated carbocycles. The first-order valence-electron chi connectivity index (χ1n) is 17.4. The minimum atomic E-state index is -1.36. The van der Waals surface area contributed by atoms with Crippen molar-refractivity contribution in [2.75, 3.05) is 0 Å². The Balaban J connectivity index is 1.10. The number of para-hydroxylation sites is 1. The fourth-order valence-electron chi connectivity index (χ4n) is 8.70. The maximum Gasteiger partial charge on any atom is 0.408 e. The van der Waals surface area contributed by atoms with E-state index in [9.17, 15) is 14.4 Å². The monoisotopic (exact) mass is 647 g/mol. The summed E-state index contributed by atoms with van der Waals surface area (Å²) in [5.74, 6) is 1.53. The summed E-state index contributed by atoms with van der Waals surface area (Å²) in [6.45, 7) is 1.90. The summed E-state index contributed by atoms with van der Waals surface area (Å²) in [6.07, 6.45) is 7.68. The van der Waals surface area contributed by atoms with E-state index in [0.29, 0.717) is 18.3 Å². The number of carbonyl (C=O) groups excluding carboxylic acids is 3. The highest BCUT2D eigenvalue weighted by Gasteiger charge is 2.50. The summed E-state index contributed by atoms with van der Waals surface area (Å²) in [4.78, 5) is 44.5. The van der Waals surface area contributed by atoms with Crippen molar-refractivity contribution in [1.82, 2.24) is 15.6 Å². The number of aromatic nitrogens is 1. The van der Waals surface area contributed by atoms with E-state index in [2.05, 4.69) is 15.6 Å². The lowest BCUT2D eigenvalue weighted by Crippen LogP contribution is -2.61. The van der Waals surface area contributed by atoms with E-state index in [1.807, 2.05) is 91.1 Å². The molecule has 3 N–H and O–H groups in total. The van der Waals surface area contributed by atoms with Crippen molar-refractivity contribution in [2.24, 2.45) is 23.7 Å². The van der Waals surface area contributed by atoms with Crippen molar-refractivity contribution in [3.63, 3.8) is 0 Å². The lowest BCUT2D eigenvalue weighted by molar-refractivity contribution is -0.145. The zero-order chi connectivity index (χ0) is 33.1. The Morgan fingerprint density at radius 2 is 1.46 bits per heavy atom. The van der Waals surface area contributed by atoms with E-state index in [0.717, 1.165) is 65.1 Å². The van der Waals surface area contributed by atoms with Crippen LogP contribution in [0.5, 0.6) is 0 Å². The van der Waals surface area contributed by atoms with Crippen molar-refractivity contribution < 1.29 is 23.9 Å².